The van der Waals surface area contributed by atoms with Crippen molar-refractivity contribution >= 4 is 29.1 Å². The fourth-order valence-electron chi connectivity index (χ4n) is 2.87. The molecule has 0 radical (unpaired) electrons. The van der Waals surface area contributed by atoms with Crippen molar-refractivity contribution in [3.05, 3.63) is 77.7 Å². The normalized spacial score (nSPS) is 11.1. The molecule has 2 N–H and O–H groups in total. The number of aromatic carboxylic acids is 1. The topological polar surface area (TPSA) is 114 Å². The van der Waals surface area contributed by atoms with E-state index in [9.17, 15) is 9.59 Å². The minimum absolute atomic E-state index is 0.102. The van der Waals surface area contributed by atoms with Crippen LogP contribution in [0.5, 0.6) is 5.75 Å². The molecule has 0 atom stereocenters. The van der Waals surface area contributed by atoms with E-state index in [0.29, 0.717) is 22.9 Å². The minimum Gasteiger partial charge on any atom is -0.493 e. The molecule has 8 heteroatoms. The highest BCUT2D eigenvalue weighted by atomic mass is 16.5. The minimum atomic E-state index is -0.993. The Kier molecular flexibility index (Phi) is 5.04. The number of rotatable bonds is 6. The van der Waals surface area contributed by atoms with Crippen molar-refractivity contribution < 1.29 is 28.3 Å². The third-order valence-electron chi connectivity index (χ3n) is 4.35. The quantitative estimate of drug-likeness (QED) is 0.368. The summed E-state index contributed by atoms with van der Waals surface area (Å²) in [7, 11) is 1.53. The predicted octanol–water partition coefficient (Wildman–Crippen LogP) is 4.16. The van der Waals surface area contributed by atoms with E-state index in [2.05, 4.69) is 10.5 Å². The highest BCUT2D eigenvalue weighted by Crippen LogP contribution is 2.28. The lowest BCUT2D eigenvalue weighted by Gasteiger charge is -1.98. The maximum atomic E-state index is 12.3. The van der Waals surface area contributed by atoms with E-state index in [1.165, 1.54) is 25.5 Å². The molecule has 2 aromatic heterocycles. The van der Waals surface area contributed by atoms with Gasteiger partial charge in [-0.1, -0.05) is 24.3 Å². The van der Waals surface area contributed by atoms with Crippen LogP contribution in [0, 0.1) is 0 Å². The van der Waals surface area contributed by atoms with Crippen LogP contribution < -0.4 is 10.2 Å². The second-order valence-electron chi connectivity index (χ2n) is 6.27. The Morgan fingerprint density at radius 1 is 1.07 bits per heavy atom. The number of fused-ring (bicyclic) bond motifs is 1. The van der Waals surface area contributed by atoms with Gasteiger partial charge in [0.05, 0.1) is 18.9 Å². The number of amides is 1. The summed E-state index contributed by atoms with van der Waals surface area (Å²) in [4.78, 5) is 23.2. The molecular formula is C22H16N2O6. The summed E-state index contributed by atoms with van der Waals surface area (Å²) >= 11 is 0. The Morgan fingerprint density at radius 2 is 1.87 bits per heavy atom. The van der Waals surface area contributed by atoms with E-state index in [1.807, 2.05) is 6.07 Å². The van der Waals surface area contributed by atoms with Gasteiger partial charge in [0.2, 0.25) is 0 Å². The molecule has 4 aromatic rings. The number of para-hydroxylation sites is 1. The molecule has 0 unspecified atom stereocenters. The van der Waals surface area contributed by atoms with E-state index in [-0.39, 0.29) is 11.3 Å². The molecule has 0 aliphatic carbocycles. The SMILES string of the molecule is COc1cccc2cc(C(=O)NN=Cc3ccc(-c4ccc(C(=O)O)cc4)o3)oc12. The summed E-state index contributed by atoms with van der Waals surface area (Å²) in [5.41, 5.74) is 3.79. The number of hydrogen-bond acceptors (Lipinski definition) is 6. The summed E-state index contributed by atoms with van der Waals surface area (Å²) in [6.07, 6.45) is 1.36. The molecule has 1 amide bonds. The number of carbonyl (C=O) groups excluding carboxylic acids is 1. The van der Waals surface area contributed by atoms with Crippen molar-refractivity contribution in [1.29, 1.82) is 0 Å². The van der Waals surface area contributed by atoms with Crippen molar-refractivity contribution in [2.45, 2.75) is 0 Å². The van der Waals surface area contributed by atoms with Crippen molar-refractivity contribution in [3.8, 4) is 17.1 Å². The summed E-state index contributed by atoms with van der Waals surface area (Å²) in [5, 5.41) is 13.6. The van der Waals surface area contributed by atoms with Gasteiger partial charge in [-0.05, 0) is 36.4 Å². The van der Waals surface area contributed by atoms with Gasteiger partial charge in [-0.25, -0.2) is 10.2 Å². The monoisotopic (exact) mass is 404 g/mol. The lowest BCUT2D eigenvalue weighted by molar-refractivity contribution is 0.0696. The molecular weight excluding hydrogens is 388 g/mol. The fraction of sp³-hybridized carbons (Fsp3) is 0.0455. The van der Waals surface area contributed by atoms with Crippen molar-refractivity contribution in [2.24, 2.45) is 5.10 Å². The average molecular weight is 404 g/mol. The molecule has 0 aliphatic rings. The molecule has 8 nitrogen and oxygen atoms in total. The van der Waals surface area contributed by atoms with Crippen LogP contribution in [0.15, 0.2) is 74.6 Å². The van der Waals surface area contributed by atoms with Crippen LogP contribution in [0.25, 0.3) is 22.3 Å². The summed E-state index contributed by atoms with van der Waals surface area (Å²) in [5.74, 6) is 0.0934. The maximum Gasteiger partial charge on any atom is 0.335 e. The number of benzene rings is 2. The van der Waals surface area contributed by atoms with Crippen LogP contribution >= 0.6 is 0 Å². The number of nitrogens with zero attached hydrogens (tertiary/aromatic N) is 1. The Labute approximate surface area is 170 Å². The summed E-state index contributed by atoms with van der Waals surface area (Å²) in [6, 6.07) is 16.7. The largest absolute Gasteiger partial charge is 0.493 e. The molecule has 0 fully saturated rings. The molecule has 0 bridgehead atoms. The number of nitrogens with one attached hydrogen (secondary N) is 1. The van der Waals surface area contributed by atoms with Gasteiger partial charge in [0, 0.05) is 10.9 Å². The van der Waals surface area contributed by atoms with Gasteiger partial charge in [0.1, 0.15) is 11.5 Å². The van der Waals surface area contributed by atoms with Crippen LogP contribution in [0.2, 0.25) is 0 Å². The lowest BCUT2D eigenvalue weighted by atomic mass is 10.1. The number of furan rings is 2. The fourth-order valence-corrected chi connectivity index (χ4v) is 2.87. The van der Waals surface area contributed by atoms with Gasteiger partial charge >= 0.3 is 11.9 Å². The van der Waals surface area contributed by atoms with Crippen LogP contribution in [-0.4, -0.2) is 30.3 Å². The Morgan fingerprint density at radius 3 is 2.60 bits per heavy atom. The number of carbonyl (C=O) groups is 2. The second-order valence-corrected chi connectivity index (χ2v) is 6.27. The number of ether oxygens (including phenoxy) is 1. The molecule has 150 valence electrons. The lowest BCUT2D eigenvalue weighted by Crippen LogP contribution is -2.16. The zero-order chi connectivity index (χ0) is 21.1. The molecule has 2 aromatic carbocycles. The van der Waals surface area contributed by atoms with Crippen LogP contribution in [0.3, 0.4) is 0 Å². The van der Waals surface area contributed by atoms with E-state index in [1.54, 1.807) is 42.5 Å². The second kappa shape index (κ2) is 7.96. The first-order chi connectivity index (χ1) is 14.5. The third-order valence-corrected chi connectivity index (χ3v) is 4.35. The summed E-state index contributed by atoms with van der Waals surface area (Å²) < 4.78 is 16.4. The van der Waals surface area contributed by atoms with Crippen molar-refractivity contribution in [2.75, 3.05) is 7.11 Å². The van der Waals surface area contributed by atoms with Gasteiger partial charge in [-0.15, -0.1) is 0 Å². The van der Waals surface area contributed by atoms with Gasteiger partial charge in [-0.3, -0.25) is 4.79 Å². The average Bonchev–Trinajstić information content (AvgIpc) is 3.40. The molecule has 0 saturated heterocycles. The Balaban J connectivity index is 1.43. The number of carboxylic acids is 1. The highest BCUT2D eigenvalue weighted by Gasteiger charge is 2.14. The zero-order valence-electron chi connectivity index (χ0n) is 15.8. The standard InChI is InChI=1S/C22H16N2O6/c1-28-18-4-2-3-15-11-19(30-20(15)18)21(25)24-23-12-16-9-10-17(29-16)13-5-7-14(8-6-13)22(26)27/h2-12H,1H3,(H,24,25)(H,26,27). The maximum absolute atomic E-state index is 12.3. The molecule has 0 spiro atoms. The number of carboxylic acid groups (broad SMARTS) is 1. The van der Waals surface area contributed by atoms with E-state index in [0.717, 1.165) is 10.9 Å². The molecule has 0 aliphatic heterocycles. The number of hydrazone groups is 1. The molecule has 30 heavy (non-hydrogen) atoms. The van der Waals surface area contributed by atoms with Gasteiger partial charge in [-0.2, -0.15) is 5.10 Å². The molecule has 4 rings (SSSR count). The first kappa shape index (κ1) is 19.0. The summed E-state index contributed by atoms with van der Waals surface area (Å²) in [6.45, 7) is 0. The van der Waals surface area contributed by atoms with Crippen LogP contribution in [-0.2, 0) is 0 Å². The first-order valence-electron chi connectivity index (χ1n) is 8.88. The van der Waals surface area contributed by atoms with Gasteiger partial charge in [0.25, 0.3) is 0 Å². The van der Waals surface area contributed by atoms with Gasteiger partial charge < -0.3 is 18.7 Å². The van der Waals surface area contributed by atoms with Crippen LogP contribution in [0.4, 0.5) is 0 Å². The predicted molar refractivity (Wildman–Crippen MR) is 109 cm³/mol. The van der Waals surface area contributed by atoms with E-state index < -0.39 is 11.9 Å². The van der Waals surface area contributed by atoms with Crippen molar-refractivity contribution in [3.63, 3.8) is 0 Å². The highest BCUT2D eigenvalue weighted by molar-refractivity contribution is 5.97. The smallest absolute Gasteiger partial charge is 0.335 e. The van der Waals surface area contributed by atoms with E-state index in [4.69, 9.17) is 18.7 Å². The Hall–Kier alpha value is -4.33. The third kappa shape index (κ3) is 3.79. The molecule has 2 heterocycles. The number of hydrogen-bond donors (Lipinski definition) is 2. The first-order valence-corrected chi connectivity index (χ1v) is 8.88. The molecule has 0 saturated carbocycles. The van der Waals surface area contributed by atoms with Crippen molar-refractivity contribution in [1.82, 2.24) is 5.43 Å². The Bertz CT molecular complexity index is 1250. The van der Waals surface area contributed by atoms with E-state index >= 15 is 0 Å². The van der Waals surface area contributed by atoms with Gasteiger partial charge in [0.15, 0.2) is 17.1 Å². The zero-order valence-corrected chi connectivity index (χ0v) is 15.8. The van der Waals surface area contributed by atoms with Crippen LogP contribution in [0.1, 0.15) is 26.7 Å². The number of methoxy groups -OCH3 is 1.